The maximum atomic E-state index is 11.7. The van der Waals surface area contributed by atoms with Crippen molar-refractivity contribution >= 4 is 43.6 Å². The molecule has 0 spiro atoms. The van der Waals surface area contributed by atoms with Crippen molar-refractivity contribution in [1.29, 1.82) is 5.26 Å². The number of hydrogen-bond donors (Lipinski definition) is 0. The molecule has 6 aromatic heterocycles. The highest BCUT2D eigenvalue weighted by molar-refractivity contribution is 6.29. The molecule has 0 fully saturated rings. The number of para-hydroxylation sites is 3. The molecule has 6 heterocycles. The molecule has 0 amide bonds. The molecule has 0 aliphatic rings. The highest BCUT2D eigenvalue weighted by Crippen LogP contribution is 2.51. The number of benzene rings is 5. The number of rotatable bonds is 6. The largest absolute Gasteiger partial charge is 0.309 e. The van der Waals surface area contributed by atoms with Gasteiger partial charge in [0.1, 0.15) is 6.07 Å². The van der Waals surface area contributed by atoms with Crippen molar-refractivity contribution in [3.05, 3.63) is 194 Å². The maximum absolute atomic E-state index is 11.7. The summed E-state index contributed by atoms with van der Waals surface area (Å²) in [6.07, 6.45) is 7.15. The number of fused-ring (bicyclic) bond motifs is 7. The Hall–Kier alpha value is -8.21. The number of pyridine rings is 4. The Kier molecular flexibility index (Phi) is 7.73. The summed E-state index contributed by atoms with van der Waals surface area (Å²) in [4.78, 5) is 19.8. The fourth-order valence-corrected chi connectivity index (χ4v) is 8.74. The molecule has 0 radical (unpaired) electrons. The average Bonchev–Trinajstić information content (AvgIpc) is 3.82. The lowest BCUT2D eigenvalue weighted by molar-refractivity contribution is 1.15. The van der Waals surface area contributed by atoms with Crippen LogP contribution in [0.3, 0.4) is 0 Å². The average molecular weight is 742 g/mol. The normalized spacial score (nSPS) is 11.4. The van der Waals surface area contributed by atoms with Crippen LogP contribution in [0, 0.1) is 11.3 Å². The molecule has 0 N–H and O–H groups in total. The van der Waals surface area contributed by atoms with Crippen molar-refractivity contribution in [2.45, 2.75) is 0 Å². The van der Waals surface area contributed by atoms with Gasteiger partial charge >= 0.3 is 0 Å². The van der Waals surface area contributed by atoms with Gasteiger partial charge in [0.05, 0.1) is 56.1 Å². The van der Waals surface area contributed by atoms with Crippen molar-refractivity contribution in [2.24, 2.45) is 0 Å². The van der Waals surface area contributed by atoms with E-state index in [0.717, 1.165) is 71.7 Å². The van der Waals surface area contributed by atoms with Gasteiger partial charge in [0.2, 0.25) is 0 Å². The van der Waals surface area contributed by atoms with Crippen molar-refractivity contribution in [1.82, 2.24) is 29.1 Å². The van der Waals surface area contributed by atoms with Gasteiger partial charge in [0, 0.05) is 74.3 Å². The quantitative estimate of drug-likeness (QED) is 0.169. The van der Waals surface area contributed by atoms with Crippen LogP contribution in [0.15, 0.2) is 189 Å². The van der Waals surface area contributed by atoms with Gasteiger partial charge in [0.15, 0.2) is 0 Å². The van der Waals surface area contributed by atoms with Gasteiger partial charge in [-0.05, 0) is 84.9 Å². The van der Waals surface area contributed by atoms with Gasteiger partial charge in [-0.2, -0.15) is 5.26 Å². The summed E-state index contributed by atoms with van der Waals surface area (Å²) in [5.41, 5.74) is 12.2. The van der Waals surface area contributed by atoms with Gasteiger partial charge in [0.25, 0.3) is 0 Å². The Balaban J connectivity index is 1.40. The number of aromatic nitrogens is 6. The molecule has 11 rings (SSSR count). The van der Waals surface area contributed by atoms with E-state index in [1.165, 1.54) is 0 Å². The minimum Gasteiger partial charge on any atom is -0.309 e. The van der Waals surface area contributed by atoms with E-state index < -0.39 is 0 Å². The summed E-state index contributed by atoms with van der Waals surface area (Å²) in [6, 6.07) is 58.3. The van der Waals surface area contributed by atoms with Gasteiger partial charge < -0.3 is 9.13 Å². The second kappa shape index (κ2) is 13.5. The van der Waals surface area contributed by atoms with E-state index in [2.05, 4.69) is 100 Å². The molecule has 0 atom stereocenters. The number of hydrogen-bond acceptors (Lipinski definition) is 5. The molecule has 7 nitrogen and oxygen atoms in total. The fourth-order valence-electron chi connectivity index (χ4n) is 8.74. The lowest BCUT2D eigenvalue weighted by Crippen LogP contribution is -2.09. The molecule has 0 aliphatic carbocycles. The predicted octanol–water partition coefficient (Wildman–Crippen LogP) is 12.0. The molecule has 270 valence electrons. The predicted molar refractivity (Wildman–Crippen MR) is 233 cm³/mol. The van der Waals surface area contributed by atoms with E-state index in [1.807, 2.05) is 78.9 Å². The Morgan fingerprint density at radius 1 is 0.362 bits per heavy atom. The standard InChI is InChI=1S/C51H31N7/c52-32-36-45(37-20-8-12-28-53-37)48(38-21-9-13-29-54-38)49(39-22-10-14-30-55-39)50(40-23-11-15-31-56-40)51(36)58-42-25-7-5-19-35(42)47-44(58)27-26-43-46(47)34-18-4-6-24-41(34)57(43)33-16-2-1-3-17-33/h1-31H. The highest BCUT2D eigenvalue weighted by Gasteiger charge is 2.32. The van der Waals surface area contributed by atoms with Crippen molar-refractivity contribution in [3.63, 3.8) is 0 Å². The second-order valence-electron chi connectivity index (χ2n) is 14.1. The topological polar surface area (TPSA) is 85.2 Å². The fraction of sp³-hybridized carbons (Fsp3) is 0. The lowest BCUT2D eigenvalue weighted by atomic mass is 9.83. The van der Waals surface area contributed by atoms with E-state index in [9.17, 15) is 5.26 Å². The van der Waals surface area contributed by atoms with Crippen LogP contribution in [0.4, 0.5) is 0 Å². The van der Waals surface area contributed by atoms with Crippen LogP contribution < -0.4 is 0 Å². The van der Waals surface area contributed by atoms with Crippen LogP contribution >= 0.6 is 0 Å². The summed E-state index contributed by atoms with van der Waals surface area (Å²) in [6.45, 7) is 0. The highest BCUT2D eigenvalue weighted by atomic mass is 15.0. The van der Waals surface area contributed by atoms with E-state index in [-0.39, 0.29) is 0 Å². The first-order chi connectivity index (χ1) is 28.8. The summed E-state index contributed by atoms with van der Waals surface area (Å²) < 4.78 is 4.61. The minimum absolute atomic E-state index is 0.453. The Morgan fingerprint density at radius 3 is 1.28 bits per heavy atom. The monoisotopic (exact) mass is 741 g/mol. The summed E-state index contributed by atoms with van der Waals surface area (Å²) >= 11 is 0. The molecular formula is C51H31N7. The summed E-state index contributed by atoms with van der Waals surface area (Å²) in [7, 11) is 0. The third-order valence-electron chi connectivity index (χ3n) is 11.0. The number of nitriles is 1. The number of nitrogens with zero attached hydrogens (tertiary/aromatic N) is 7. The van der Waals surface area contributed by atoms with Crippen LogP contribution in [0.5, 0.6) is 0 Å². The van der Waals surface area contributed by atoms with E-state index in [1.54, 1.807) is 24.8 Å². The van der Waals surface area contributed by atoms with Gasteiger partial charge in [-0.25, -0.2) is 0 Å². The van der Waals surface area contributed by atoms with Crippen LogP contribution in [0.2, 0.25) is 0 Å². The Labute approximate surface area is 333 Å². The molecule has 0 saturated heterocycles. The van der Waals surface area contributed by atoms with Gasteiger partial charge in [-0.1, -0.05) is 78.9 Å². The molecule has 0 bridgehead atoms. The smallest absolute Gasteiger partial charge is 0.102 e. The van der Waals surface area contributed by atoms with Gasteiger partial charge in [-0.3, -0.25) is 19.9 Å². The summed E-state index contributed by atoms with van der Waals surface area (Å²) in [5, 5.41) is 16.2. The molecule has 0 aliphatic heterocycles. The van der Waals surface area contributed by atoms with Crippen LogP contribution in [0.25, 0.3) is 100 Å². The SMILES string of the molecule is N#Cc1c(-c2ccccn2)c(-c2ccccn2)c(-c2ccccn2)c(-c2ccccn2)c1-n1c2ccccc2c2c3c4ccccc4n(-c4ccccc4)c3ccc21. The van der Waals surface area contributed by atoms with E-state index in [4.69, 9.17) is 19.9 Å². The van der Waals surface area contributed by atoms with E-state index in [0.29, 0.717) is 33.9 Å². The molecule has 7 heteroatoms. The first-order valence-electron chi connectivity index (χ1n) is 19.1. The Bertz CT molecular complexity index is 3370. The van der Waals surface area contributed by atoms with Crippen LogP contribution in [0.1, 0.15) is 5.56 Å². The van der Waals surface area contributed by atoms with Gasteiger partial charge in [-0.15, -0.1) is 0 Å². The molecule has 11 aromatic rings. The van der Waals surface area contributed by atoms with Crippen molar-refractivity contribution in [3.8, 4) is 62.5 Å². The maximum Gasteiger partial charge on any atom is 0.102 e. The second-order valence-corrected chi connectivity index (χ2v) is 14.1. The summed E-state index contributed by atoms with van der Waals surface area (Å²) in [5.74, 6) is 0. The van der Waals surface area contributed by atoms with E-state index >= 15 is 0 Å². The van der Waals surface area contributed by atoms with Crippen molar-refractivity contribution < 1.29 is 0 Å². The van der Waals surface area contributed by atoms with Crippen molar-refractivity contribution in [2.75, 3.05) is 0 Å². The molecular weight excluding hydrogens is 711 g/mol. The zero-order valence-electron chi connectivity index (χ0n) is 31.0. The first kappa shape index (κ1) is 33.2. The molecule has 5 aromatic carbocycles. The minimum atomic E-state index is 0.453. The molecule has 0 unspecified atom stereocenters. The first-order valence-corrected chi connectivity index (χ1v) is 19.1. The lowest BCUT2D eigenvalue weighted by Gasteiger charge is -2.25. The Morgan fingerprint density at radius 2 is 0.776 bits per heavy atom. The zero-order valence-corrected chi connectivity index (χ0v) is 31.0. The third kappa shape index (κ3) is 4.99. The van der Waals surface area contributed by atoms with Crippen LogP contribution in [-0.4, -0.2) is 29.1 Å². The zero-order chi connectivity index (χ0) is 38.6. The molecule has 0 saturated carbocycles. The molecule has 58 heavy (non-hydrogen) atoms. The third-order valence-corrected chi connectivity index (χ3v) is 11.0. The van der Waals surface area contributed by atoms with Crippen LogP contribution in [-0.2, 0) is 0 Å².